The fraction of sp³-hybridized carbons (Fsp3) is 0.889. The Balaban J connectivity index is 1.51. The van der Waals surface area contributed by atoms with Crippen molar-refractivity contribution in [1.29, 1.82) is 0 Å². The summed E-state index contributed by atoms with van der Waals surface area (Å²) in [6.45, 7) is 1.13. The maximum atomic E-state index is 2.70. The van der Waals surface area contributed by atoms with Gasteiger partial charge >= 0.3 is 0 Å². The molecule has 2 aliphatic heterocycles. The second-order valence-electron chi connectivity index (χ2n) is 7.91. The quantitative estimate of drug-likeness (QED) is 0.406. The van der Waals surface area contributed by atoms with Crippen LogP contribution >= 0.6 is 0 Å². The van der Waals surface area contributed by atoms with Crippen LogP contribution in [-0.4, -0.2) is 6.71 Å². The van der Waals surface area contributed by atoms with Gasteiger partial charge in [0, 0.05) is 0 Å². The first-order valence-electron chi connectivity index (χ1n) is 9.11. The van der Waals surface area contributed by atoms with E-state index in [2.05, 4.69) is 6.08 Å². The first-order chi connectivity index (χ1) is 9.42. The van der Waals surface area contributed by atoms with Crippen LogP contribution in [0.4, 0.5) is 0 Å². The number of rotatable bonds is 1. The molecule has 1 heteroatoms. The molecule has 4 aliphatic rings. The lowest BCUT2D eigenvalue weighted by Gasteiger charge is -2.46. The molecule has 3 fully saturated rings. The molecule has 104 valence electrons. The van der Waals surface area contributed by atoms with Crippen molar-refractivity contribution < 1.29 is 0 Å². The Morgan fingerprint density at radius 3 is 2.26 bits per heavy atom. The van der Waals surface area contributed by atoms with Crippen molar-refractivity contribution in [1.82, 2.24) is 0 Å². The molecule has 0 nitrogen and oxygen atoms in total. The van der Waals surface area contributed by atoms with Gasteiger partial charge < -0.3 is 0 Å². The Hall–Kier alpha value is -0.195. The molecular weight excluding hydrogens is 227 g/mol. The highest BCUT2D eigenvalue weighted by molar-refractivity contribution is 6.64. The molecule has 0 spiro atoms. The van der Waals surface area contributed by atoms with Gasteiger partial charge in [0.05, 0.1) is 0 Å². The normalized spacial score (nSPS) is 42.5. The standard InChI is InChI=1S/C18H29B/c1-2-6-15-13-18(12-11-14(15)5-1)19-16-7-3-8-17(19)10-4-9-16/h11,15-18H,1-10,12-13H2/t15-,16?,17?,18?/m1/s1. The molecule has 2 heterocycles. The van der Waals surface area contributed by atoms with E-state index in [4.69, 9.17) is 0 Å². The monoisotopic (exact) mass is 256 g/mol. The summed E-state index contributed by atoms with van der Waals surface area (Å²) in [5.74, 6) is 4.32. The molecule has 0 aromatic rings. The van der Waals surface area contributed by atoms with Crippen LogP contribution < -0.4 is 0 Å². The van der Waals surface area contributed by atoms with Gasteiger partial charge in [-0.3, -0.25) is 0 Å². The largest absolute Gasteiger partial charge is 0.149 e. The molecule has 2 bridgehead atoms. The van der Waals surface area contributed by atoms with Gasteiger partial charge in [0.2, 0.25) is 0 Å². The Morgan fingerprint density at radius 1 is 0.789 bits per heavy atom. The molecule has 0 radical (unpaired) electrons. The summed E-state index contributed by atoms with van der Waals surface area (Å²) in [7, 11) is 0. The van der Waals surface area contributed by atoms with E-state index < -0.39 is 0 Å². The lowest BCUT2D eigenvalue weighted by Crippen LogP contribution is -2.40. The molecular formula is C18H29B. The summed E-state index contributed by atoms with van der Waals surface area (Å²) in [6, 6.07) is 0. The van der Waals surface area contributed by atoms with E-state index in [1.165, 1.54) is 32.1 Å². The molecule has 2 aliphatic carbocycles. The first-order valence-corrected chi connectivity index (χ1v) is 9.11. The van der Waals surface area contributed by atoms with E-state index in [1.807, 2.05) is 5.57 Å². The summed E-state index contributed by atoms with van der Waals surface area (Å²) < 4.78 is 0. The molecule has 1 saturated carbocycles. The molecule has 1 unspecified atom stereocenters. The average Bonchev–Trinajstić information content (AvgIpc) is 2.46. The highest BCUT2D eigenvalue weighted by Crippen LogP contribution is 2.54. The first kappa shape index (κ1) is 12.5. The maximum Gasteiger partial charge on any atom is 0.149 e. The fourth-order valence-corrected chi connectivity index (χ4v) is 6.22. The smallest absolute Gasteiger partial charge is 0.0855 e. The molecule has 0 amide bonds. The van der Waals surface area contributed by atoms with Crippen LogP contribution in [0.25, 0.3) is 0 Å². The summed E-state index contributed by atoms with van der Waals surface area (Å²) >= 11 is 0. The summed E-state index contributed by atoms with van der Waals surface area (Å²) in [6.07, 6.45) is 21.0. The second kappa shape index (κ2) is 5.30. The molecule has 0 aromatic carbocycles. The lowest BCUT2D eigenvalue weighted by atomic mass is 9.21. The van der Waals surface area contributed by atoms with Crippen molar-refractivity contribution in [2.75, 3.05) is 0 Å². The van der Waals surface area contributed by atoms with Crippen LogP contribution in [0.5, 0.6) is 0 Å². The third-order valence-corrected chi connectivity index (χ3v) is 7.00. The fourth-order valence-electron chi connectivity index (χ4n) is 6.22. The van der Waals surface area contributed by atoms with Crippen LogP contribution in [0.15, 0.2) is 11.6 Å². The maximum absolute atomic E-state index is 2.70. The van der Waals surface area contributed by atoms with Gasteiger partial charge in [-0.25, -0.2) is 0 Å². The molecule has 4 rings (SSSR count). The Morgan fingerprint density at radius 2 is 1.53 bits per heavy atom. The zero-order chi connectivity index (χ0) is 12.7. The van der Waals surface area contributed by atoms with Gasteiger partial charge in [-0.1, -0.05) is 80.5 Å². The molecule has 2 saturated heterocycles. The van der Waals surface area contributed by atoms with Crippen molar-refractivity contribution in [3.63, 3.8) is 0 Å². The van der Waals surface area contributed by atoms with Crippen LogP contribution in [0.1, 0.15) is 77.0 Å². The highest BCUT2D eigenvalue weighted by atomic mass is 14.3. The van der Waals surface area contributed by atoms with Crippen LogP contribution in [-0.2, 0) is 0 Å². The zero-order valence-electron chi connectivity index (χ0n) is 12.4. The van der Waals surface area contributed by atoms with Gasteiger partial charge in [-0.2, -0.15) is 0 Å². The number of hydrogen-bond donors (Lipinski definition) is 0. The summed E-state index contributed by atoms with van der Waals surface area (Å²) in [5.41, 5.74) is 1.86. The highest BCUT2D eigenvalue weighted by Gasteiger charge is 2.44. The predicted molar refractivity (Wildman–Crippen MR) is 84.0 cm³/mol. The third-order valence-electron chi connectivity index (χ3n) is 7.00. The lowest BCUT2D eigenvalue weighted by molar-refractivity contribution is 0.379. The van der Waals surface area contributed by atoms with E-state index in [1.54, 1.807) is 44.9 Å². The molecule has 0 N–H and O–H groups in total. The number of fused-ring (bicyclic) bond motifs is 3. The SMILES string of the molecule is C1=C2CCCC[C@@H]2CC(B2C3CCCC2CCC3)C1. The second-order valence-corrected chi connectivity index (χ2v) is 7.91. The van der Waals surface area contributed by atoms with E-state index in [0.29, 0.717) is 0 Å². The Kier molecular flexibility index (Phi) is 3.50. The minimum Gasteiger partial charge on any atom is -0.0855 e. The minimum absolute atomic E-state index is 1.01. The third kappa shape index (κ3) is 2.32. The van der Waals surface area contributed by atoms with Gasteiger partial charge in [-0.05, 0) is 31.6 Å². The number of hydrogen-bond acceptors (Lipinski definition) is 0. The van der Waals surface area contributed by atoms with Crippen molar-refractivity contribution in [2.24, 2.45) is 5.92 Å². The van der Waals surface area contributed by atoms with Crippen molar-refractivity contribution in [2.45, 2.75) is 94.5 Å². The Labute approximate surface area is 119 Å². The summed E-state index contributed by atoms with van der Waals surface area (Å²) in [5, 5.41) is 0. The Bertz CT molecular complexity index is 337. The van der Waals surface area contributed by atoms with E-state index in [0.717, 1.165) is 30.1 Å². The van der Waals surface area contributed by atoms with Crippen molar-refractivity contribution in [3.05, 3.63) is 11.6 Å². The van der Waals surface area contributed by atoms with Crippen LogP contribution in [0, 0.1) is 5.92 Å². The van der Waals surface area contributed by atoms with E-state index >= 15 is 0 Å². The predicted octanol–water partition coefficient (Wildman–Crippen LogP) is 5.87. The molecule has 0 aromatic heterocycles. The van der Waals surface area contributed by atoms with Crippen LogP contribution in [0.3, 0.4) is 0 Å². The summed E-state index contributed by atoms with van der Waals surface area (Å²) in [4.78, 5) is 0. The zero-order valence-corrected chi connectivity index (χ0v) is 12.4. The van der Waals surface area contributed by atoms with Gasteiger partial charge in [0.1, 0.15) is 6.71 Å². The molecule has 19 heavy (non-hydrogen) atoms. The van der Waals surface area contributed by atoms with Crippen molar-refractivity contribution in [3.8, 4) is 0 Å². The van der Waals surface area contributed by atoms with Gasteiger partial charge in [-0.15, -0.1) is 0 Å². The van der Waals surface area contributed by atoms with Gasteiger partial charge in [0.25, 0.3) is 0 Å². The minimum atomic E-state index is 1.01. The van der Waals surface area contributed by atoms with Gasteiger partial charge in [0.15, 0.2) is 0 Å². The van der Waals surface area contributed by atoms with Crippen molar-refractivity contribution >= 4 is 6.71 Å². The van der Waals surface area contributed by atoms with E-state index in [-0.39, 0.29) is 0 Å². The van der Waals surface area contributed by atoms with E-state index in [9.17, 15) is 0 Å². The number of allylic oxidation sites excluding steroid dienone is 2. The van der Waals surface area contributed by atoms with Crippen LogP contribution in [0.2, 0.25) is 17.5 Å². The average molecular weight is 256 g/mol. The molecule has 2 atom stereocenters. The topological polar surface area (TPSA) is 0 Å².